The van der Waals surface area contributed by atoms with Crippen LogP contribution in [0.25, 0.3) is 28.0 Å². The number of aromatic carboxylic acids is 1. The number of halogens is 4. The number of carboxylic acids is 1. The molecule has 2 aromatic heterocycles. The van der Waals surface area contributed by atoms with Gasteiger partial charge >= 0.3 is 12.1 Å². The normalized spacial score (nSPS) is 11.7. The lowest BCUT2D eigenvalue weighted by Gasteiger charge is -2.14. The molecule has 0 bridgehead atoms. The highest BCUT2D eigenvalue weighted by Crippen LogP contribution is 2.37. The quantitative estimate of drug-likeness (QED) is 0.482. The summed E-state index contributed by atoms with van der Waals surface area (Å²) in [4.78, 5) is 15.6. The molecule has 9 heteroatoms. The summed E-state index contributed by atoms with van der Waals surface area (Å²) >= 11 is 6.31. The molecular formula is C20H11ClF3N3O2. The fourth-order valence-electron chi connectivity index (χ4n) is 3.01. The zero-order valence-corrected chi connectivity index (χ0v) is 15.2. The Morgan fingerprint density at radius 2 is 1.72 bits per heavy atom. The molecule has 29 heavy (non-hydrogen) atoms. The van der Waals surface area contributed by atoms with Crippen LogP contribution < -0.4 is 0 Å². The highest BCUT2D eigenvalue weighted by Gasteiger charge is 2.30. The van der Waals surface area contributed by atoms with Crippen LogP contribution in [0.3, 0.4) is 0 Å². The third kappa shape index (κ3) is 3.42. The first-order valence-corrected chi connectivity index (χ1v) is 8.68. The maximum absolute atomic E-state index is 13.0. The summed E-state index contributed by atoms with van der Waals surface area (Å²) in [7, 11) is 0. The number of fused-ring (bicyclic) bond motifs is 1. The number of nitrogens with zero attached hydrogens (tertiary/aromatic N) is 3. The van der Waals surface area contributed by atoms with Gasteiger partial charge in [0.1, 0.15) is 0 Å². The summed E-state index contributed by atoms with van der Waals surface area (Å²) in [5, 5.41) is 13.7. The van der Waals surface area contributed by atoms with E-state index in [0.717, 1.165) is 12.1 Å². The van der Waals surface area contributed by atoms with E-state index in [2.05, 4.69) is 10.1 Å². The van der Waals surface area contributed by atoms with Crippen LogP contribution in [0, 0.1) is 0 Å². The second-order valence-corrected chi connectivity index (χ2v) is 6.59. The van der Waals surface area contributed by atoms with E-state index in [-0.39, 0.29) is 11.3 Å². The third-order valence-corrected chi connectivity index (χ3v) is 4.68. The highest BCUT2D eigenvalue weighted by molar-refractivity contribution is 6.33. The Kier molecular flexibility index (Phi) is 4.50. The van der Waals surface area contributed by atoms with Crippen LogP contribution in [-0.2, 0) is 6.18 Å². The largest absolute Gasteiger partial charge is 0.476 e. The predicted molar refractivity (Wildman–Crippen MR) is 101 cm³/mol. The summed E-state index contributed by atoms with van der Waals surface area (Å²) in [5.41, 5.74) is 1.09. The van der Waals surface area contributed by atoms with Crippen molar-refractivity contribution < 1.29 is 23.1 Å². The molecule has 4 rings (SSSR count). The summed E-state index contributed by atoms with van der Waals surface area (Å²) in [6.07, 6.45) is -2.98. The number of carboxylic acid groups (broad SMARTS) is 1. The van der Waals surface area contributed by atoms with Crippen molar-refractivity contribution in [1.82, 2.24) is 14.6 Å². The van der Waals surface area contributed by atoms with E-state index < -0.39 is 17.7 Å². The summed E-state index contributed by atoms with van der Waals surface area (Å²) in [6, 6.07) is 12.7. The van der Waals surface area contributed by atoms with Gasteiger partial charge in [-0.3, -0.25) is 0 Å². The molecule has 0 spiro atoms. The fourth-order valence-corrected chi connectivity index (χ4v) is 3.25. The molecule has 0 saturated carbocycles. The molecule has 2 heterocycles. The minimum Gasteiger partial charge on any atom is -0.476 e. The number of benzene rings is 2. The Morgan fingerprint density at radius 1 is 1.03 bits per heavy atom. The molecule has 0 aliphatic carbocycles. The first kappa shape index (κ1) is 18.9. The summed E-state index contributed by atoms with van der Waals surface area (Å²) < 4.78 is 40.2. The number of aromatic nitrogens is 3. The molecule has 5 nitrogen and oxygen atoms in total. The number of alkyl halides is 3. The highest BCUT2D eigenvalue weighted by atomic mass is 35.5. The average molecular weight is 418 g/mol. The molecule has 0 unspecified atom stereocenters. The zero-order chi connectivity index (χ0) is 20.8. The average Bonchev–Trinajstić information content (AvgIpc) is 3.12. The number of hydrogen-bond donors (Lipinski definition) is 1. The standard InChI is InChI=1S/C20H11ClF3N3O2/c21-15-4-2-1-3-13(15)14-10-25-17-9-16(19(28)29)26-27(17)18(14)11-5-7-12(8-6-11)20(22,23)24/h1-10H,(H,28,29). The summed E-state index contributed by atoms with van der Waals surface area (Å²) in [6.45, 7) is 0. The smallest absolute Gasteiger partial charge is 0.416 e. The molecule has 0 aliphatic rings. The Bertz CT molecular complexity index is 1230. The van der Waals surface area contributed by atoms with Crippen LogP contribution in [0.15, 0.2) is 60.8 Å². The SMILES string of the molecule is O=C(O)c1cc2ncc(-c3ccccc3Cl)c(-c3ccc(C(F)(F)F)cc3)n2n1. The van der Waals surface area contributed by atoms with Gasteiger partial charge in [0, 0.05) is 34.0 Å². The van der Waals surface area contributed by atoms with E-state index in [1.807, 2.05) is 0 Å². The van der Waals surface area contributed by atoms with Gasteiger partial charge in [-0.2, -0.15) is 18.3 Å². The molecule has 2 aromatic carbocycles. The second kappa shape index (κ2) is 6.89. The van der Waals surface area contributed by atoms with E-state index in [1.165, 1.54) is 28.9 Å². The first-order valence-electron chi connectivity index (χ1n) is 8.30. The van der Waals surface area contributed by atoms with Crippen molar-refractivity contribution in [3.05, 3.63) is 77.1 Å². The van der Waals surface area contributed by atoms with Gasteiger partial charge in [0.15, 0.2) is 11.3 Å². The fraction of sp³-hybridized carbons (Fsp3) is 0.0500. The molecule has 146 valence electrons. The van der Waals surface area contributed by atoms with E-state index >= 15 is 0 Å². The van der Waals surface area contributed by atoms with Crippen molar-refractivity contribution in [2.75, 3.05) is 0 Å². The van der Waals surface area contributed by atoms with Gasteiger partial charge in [-0.25, -0.2) is 14.3 Å². The van der Waals surface area contributed by atoms with Gasteiger partial charge in [-0.05, 0) is 18.2 Å². The predicted octanol–water partition coefficient (Wildman–Crippen LogP) is 5.43. The van der Waals surface area contributed by atoms with Crippen LogP contribution in [-0.4, -0.2) is 25.7 Å². The molecule has 0 aliphatic heterocycles. The molecule has 0 amide bonds. The van der Waals surface area contributed by atoms with Crippen molar-refractivity contribution >= 4 is 23.2 Å². The second-order valence-electron chi connectivity index (χ2n) is 6.18. The van der Waals surface area contributed by atoms with Gasteiger partial charge in [0.2, 0.25) is 0 Å². The van der Waals surface area contributed by atoms with Crippen LogP contribution in [0.5, 0.6) is 0 Å². The molecule has 0 radical (unpaired) electrons. The van der Waals surface area contributed by atoms with Crippen LogP contribution in [0.1, 0.15) is 16.1 Å². The molecule has 0 saturated heterocycles. The van der Waals surface area contributed by atoms with E-state index in [9.17, 15) is 23.1 Å². The topological polar surface area (TPSA) is 67.5 Å². The Hall–Kier alpha value is -3.39. The lowest BCUT2D eigenvalue weighted by atomic mass is 9.99. The zero-order valence-electron chi connectivity index (χ0n) is 14.5. The van der Waals surface area contributed by atoms with E-state index in [0.29, 0.717) is 27.4 Å². The van der Waals surface area contributed by atoms with Crippen molar-refractivity contribution in [3.63, 3.8) is 0 Å². The minimum atomic E-state index is -4.47. The van der Waals surface area contributed by atoms with Crippen LogP contribution >= 0.6 is 11.6 Å². The van der Waals surface area contributed by atoms with E-state index in [4.69, 9.17) is 11.6 Å². The van der Waals surface area contributed by atoms with Crippen molar-refractivity contribution in [2.24, 2.45) is 0 Å². The lowest BCUT2D eigenvalue weighted by Crippen LogP contribution is -2.05. The van der Waals surface area contributed by atoms with Gasteiger partial charge in [-0.15, -0.1) is 0 Å². The summed E-state index contributed by atoms with van der Waals surface area (Å²) in [5.74, 6) is -1.24. The van der Waals surface area contributed by atoms with E-state index in [1.54, 1.807) is 24.3 Å². The maximum atomic E-state index is 13.0. The Morgan fingerprint density at radius 3 is 2.34 bits per heavy atom. The van der Waals surface area contributed by atoms with Gasteiger partial charge < -0.3 is 5.11 Å². The molecule has 0 atom stereocenters. The van der Waals surface area contributed by atoms with Crippen LogP contribution in [0.2, 0.25) is 5.02 Å². The monoisotopic (exact) mass is 417 g/mol. The molecule has 4 aromatic rings. The lowest BCUT2D eigenvalue weighted by molar-refractivity contribution is -0.137. The number of hydrogen-bond acceptors (Lipinski definition) is 3. The molecular weight excluding hydrogens is 407 g/mol. The Labute approximate surface area is 167 Å². The van der Waals surface area contributed by atoms with Crippen molar-refractivity contribution in [3.8, 4) is 22.4 Å². The molecule has 0 fully saturated rings. The first-order chi connectivity index (χ1) is 13.8. The minimum absolute atomic E-state index is 0.234. The van der Waals surface area contributed by atoms with Gasteiger partial charge in [0.25, 0.3) is 0 Å². The third-order valence-electron chi connectivity index (χ3n) is 4.35. The number of rotatable bonds is 3. The maximum Gasteiger partial charge on any atom is 0.416 e. The van der Waals surface area contributed by atoms with Crippen LogP contribution in [0.4, 0.5) is 13.2 Å². The van der Waals surface area contributed by atoms with Gasteiger partial charge in [0.05, 0.1) is 11.3 Å². The van der Waals surface area contributed by atoms with Gasteiger partial charge in [-0.1, -0.05) is 41.9 Å². The van der Waals surface area contributed by atoms with Crippen molar-refractivity contribution in [2.45, 2.75) is 6.18 Å². The number of carbonyl (C=O) groups is 1. The van der Waals surface area contributed by atoms with Crippen molar-refractivity contribution in [1.29, 1.82) is 0 Å². The molecule has 1 N–H and O–H groups in total. The Balaban J connectivity index is 2.02.